The molecule has 2 nitrogen and oxygen atoms in total. The third kappa shape index (κ3) is 5.47. The highest BCUT2D eigenvalue weighted by Gasteiger charge is 2.05. The lowest BCUT2D eigenvalue weighted by molar-refractivity contribution is -0.128. The van der Waals surface area contributed by atoms with Gasteiger partial charge in [0.1, 0.15) is 0 Å². The Balaban J connectivity index is 3.62. The van der Waals surface area contributed by atoms with Gasteiger partial charge in [0.25, 0.3) is 0 Å². The zero-order valence-electron chi connectivity index (χ0n) is 8.30. The Bertz CT molecular complexity index is 120. The Morgan fingerprint density at radius 2 is 2.08 bits per heavy atom. The van der Waals surface area contributed by atoms with Crippen LogP contribution >= 0.6 is 11.8 Å². The van der Waals surface area contributed by atoms with E-state index in [9.17, 15) is 4.79 Å². The lowest BCUT2D eigenvalue weighted by atomic mass is 10.3. The van der Waals surface area contributed by atoms with Crippen LogP contribution in [0.3, 0.4) is 0 Å². The molecule has 0 aliphatic carbocycles. The van der Waals surface area contributed by atoms with Gasteiger partial charge in [-0.2, -0.15) is 11.8 Å². The summed E-state index contributed by atoms with van der Waals surface area (Å²) in [6.07, 6.45) is 4.34. The fourth-order valence-electron chi connectivity index (χ4n) is 0.977. The van der Waals surface area contributed by atoms with E-state index < -0.39 is 0 Å². The minimum Gasteiger partial charge on any atom is -0.342 e. The molecule has 12 heavy (non-hydrogen) atoms. The largest absolute Gasteiger partial charge is 0.342 e. The van der Waals surface area contributed by atoms with E-state index in [0.29, 0.717) is 0 Å². The molecule has 0 saturated carbocycles. The number of unbranched alkanes of at least 4 members (excludes halogenated alkanes) is 1. The van der Waals surface area contributed by atoms with E-state index >= 15 is 0 Å². The predicted octanol–water partition coefficient (Wildman–Crippen LogP) is 2.00. The lowest BCUT2D eigenvalue weighted by Gasteiger charge is -2.19. The van der Waals surface area contributed by atoms with Gasteiger partial charge in [-0.3, -0.25) is 4.79 Å². The summed E-state index contributed by atoms with van der Waals surface area (Å²) in [5, 5.41) is 0. The van der Waals surface area contributed by atoms with Gasteiger partial charge in [0, 0.05) is 25.8 Å². The van der Waals surface area contributed by atoms with Crippen LogP contribution in [0.2, 0.25) is 0 Å². The van der Waals surface area contributed by atoms with Gasteiger partial charge in [-0.05, 0) is 12.7 Å². The van der Waals surface area contributed by atoms with Gasteiger partial charge in [0.15, 0.2) is 0 Å². The highest BCUT2D eigenvalue weighted by Crippen LogP contribution is 1.99. The number of carbonyl (C=O) groups excluding carboxylic acids is 1. The minimum atomic E-state index is 0.206. The average molecular weight is 189 g/mol. The van der Waals surface area contributed by atoms with Gasteiger partial charge < -0.3 is 4.90 Å². The number of thioether (sulfide) groups is 1. The van der Waals surface area contributed by atoms with Crippen molar-refractivity contribution in [3.8, 4) is 0 Å². The average Bonchev–Trinajstić information content (AvgIpc) is 2.04. The maximum absolute atomic E-state index is 11.1. The van der Waals surface area contributed by atoms with E-state index in [1.165, 1.54) is 0 Å². The second-order valence-corrected chi connectivity index (χ2v) is 3.84. The molecule has 72 valence electrons. The Labute approximate surface area is 79.7 Å². The predicted molar refractivity (Wildman–Crippen MR) is 55.5 cm³/mol. The van der Waals surface area contributed by atoms with Crippen molar-refractivity contribution in [1.82, 2.24) is 4.90 Å². The van der Waals surface area contributed by atoms with Crippen molar-refractivity contribution in [1.29, 1.82) is 0 Å². The summed E-state index contributed by atoms with van der Waals surface area (Å²) in [5.41, 5.74) is 0. The zero-order chi connectivity index (χ0) is 9.40. The van der Waals surface area contributed by atoms with Crippen molar-refractivity contribution in [2.75, 3.05) is 25.1 Å². The van der Waals surface area contributed by atoms with Gasteiger partial charge in [-0.15, -0.1) is 0 Å². The van der Waals surface area contributed by atoms with Crippen LogP contribution < -0.4 is 0 Å². The summed E-state index contributed by atoms with van der Waals surface area (Å²) in [5.74, 6) is 1.25. The van der Waals surface area contributed by atoms with Gasteiger partial charge in [-0.25, -0.2) is 0 Å². The Hall–Kier alpha value is -0.180. The maximum atomic E-state index is 11.1. The van der Waals surface area contributed by atoms with E-state index in [-0.39, 0.29) is 5.91 Å². The fraction of sp³-hybridized carbons (Fsp3) is 0.889. The highest BCUT2D eigenvalue weighted by atomic mass is 32.2. The van der Waals surface area contributed by atoms with Crippen molar-refractivity contribution in [2.45, 2.75) is 26.7 Å². The van der Waals surface area contributed by atoms with Gasteiger partial charge >= 0.3 is 0 Å². The second-order valence-electron chi connectivity index (χ2n) is 2.85. The van der Waals surface area contributed by atoms with Gasteiger partial charge in [0.05, 0.1) is 0 Å². The molecular formula is C9H19NOS. The fourth-order valence-corrected chi connectivity index (χ4v) is 1.38. The summed E-state index contributed by atoms with van der Waals surface area (Å²) in [4.78, 5) is 13.0. The smallest absolute Gasteiger partial charge is 0.219 e. The molecule has 0 aromatic carbocycles. The Morgan fingerprint density at radius 1 is 1.42 bits per heavy atom. The zero-order valence-corrected chi connectivity index (χ0v) is 9.12. The van der Waals surface area contributed by atoms with Crippen LogP contribution in [-0.4, -0.2) is 35.9 Å². The van der Waals surface area contributed by atoms with Crippen molar-refractivity contribution in [3.05, 3.63) is 0 Å². The minimum absolute atomic E-state index is 0.206. The van der Waals surface area contributed by atoms with E-state index in [1.807, 2.05) is 4.90 Å². The molecule has 0 heterocycles. The van der Waals surface area contributed by atoms with Crippen molar-refractivity contribution in [2.24, 2.45) is 0 Å². The van der Waals surface area contributed by atoms with Crippen LogP contribution in [0.1, 0.15) is 26.7 Å². The number of rotatable bonds is 6. The normalized spacial score (nSPS) is 9.92. The van der Waals surface area contributed by atoms with E-state index in [1.54, 1.807) is 18.7 Å². The summed E-state index contributed by atoms with van der Waals surface area (Å²) in [6, 6.07) is 0. The van der Waals surface area contributed by atoms with Crippen molar-refractivity contribution >= 4 is 17.7 Å². The number of nitrogens with zero attached hydrogens (tertiary/aromatic N) is 1. The molecule has 0 aromatic rings. The van der Waals surface area contributed by atoms with E-state index in [4.69, 9.17) is 0 Å². The van der Waals surface area contributed by atoms with E-state index in [0.717, 1.165) is 31.7 Å². The molecule has 0 aromatic heterocycles. The van der Waals surface area contributed by atoms with Crippen LogP contribution in [0.5, 0.6) is 0 Å². The molecule has 0 radical (unpaired) electrons. The summed E-state index contributed by atoms with van der Waals surface area (Å²) in [7, 11) is 0. The maximum Gasteiger partial charge on any atom is 0.219 e. The van der Waals surface area contributed by atoms with Crippen molar-refractivity contribution < 1.29 is 4.79 Å². The standard InChI is InChI=1S/C9H19NOS/c1-4-5-6-10(9(2)11)7-8-12-3/h4-8H2,1-3H3. The first kappa shape index (κ1) is 11.8. The molecular weight excluding hydrogens is 170 g/mol. The number of hydrogen-bond acceptors (Lipinski definition) is 2. The SMILES string of the molecule is CCCCN(CCSC)C(C)=O. The third-order valence-electron chi connectivity index (χ3n) is 1.79. The monoisotopic (exact) mass is 189 g/mol. The van der Waals surface area contributed by atoms with Gasteiger partial charge in [0.2, 0.25) is 5.91 Å². The molecule has 3 heteroatoms. The van der Waals surface area contributed by atoms with Gasteiger partial charge in [-0.1, -0.05) is 13.3 Å². The molecule has 0 aliphatic heterocycles. The van der Waals surface area contributed by atoms with Crippen LogP contribution in [0, 0.1) is 0 Å². The molecule has 0 rings (SSSR count). The summed E-state index contributed by atoms with van der Waals surface area (Å²) in [6.45, 7) is 5.62. The lowest BCUT2D eigenvalue weighted by Crippen LogP contribution is -2.31. The summed E-state index contributed by atoms with van der Waals surface area (Å²) < 4.78 is 0. The first-order valence-corrected chi connectivity index (χ1v) is 5.86. The molecule has 0 saturated heterocycles. The molecule has 0 atom stereocenters. The molecule has 0 spiro atoms. The second kappa shape index (κ2) is 7.47. The first-order chi connectivity index (χ1) is 5.72. The van der Waals surface area contributed by atoms with Crippen molar-refractivity contribution in [3.63, 3.8) is 0 Å². The number of carbonyl (C=O) groups is 1. The summed E-state index contributed by atoms with van der Waals surface area (Å²) >= 11 is 1.79. The quantitative estimate of drug-likeness (QED) is 0.637. The van der Waals surface area contributed by atoms with E-state index in [2.05, 4.69) is 13.2 Å². The molecule has 0 bridgehead atoms. The first-order valence-electron chi connectivity index (χ1n) is 4.46. The van der Waals surface area contributed by atoms with Crippen LogP contribution in [0.25, 0.3) is 0 Å². The Morgan fingerprint density at radius 3 is 2.50 bits per heavy atom. The molecule has 0 aliphatic rings. The topological polar surface area (TPSA) is 20.3 Å². The molecule has 1 amide bonds. The van der Waals surface area contributed by atoms with Crippen LogP contribution in [-0.2, 0) is 4.79 Å². The molecule has 0 N–H and O–H groups in total. The van der Waals surface area contributed by atoms with Crippen LogP contribution in [0.4, 0.5) is 0 Å². The highest BCUT2D eigenvalue weighted by molar-refractivity contribution is 7.98. The number of hydrogen-bond donors (Lipinski definition) is 0. The molecule has 0 fully saturated rings. The van der Waals surface area contributed by atoms with Crippen LogP contribution in [0.15, 0.2) is 0 Å². The molecule has 0 unspecified atom stereocenters. The third-order valence-corrected chi connectivity index (χ3v) is 2.38. The Kier molecular flexibility index (Phi) is 7.36. The number of amides is 1.